The minimum atomic E-state index is 0.570. The van der Waals surface area contributed by atoms with Crippen molar-refractivity contribution in [1.29, 1.82) is 0 Å². The lowest BCUT2D eigenvalue weighted by molar-refractivity contribution is 0.785. The highest BCUT2D eigenvalue weighted by Gasteiger charge is 2.07. The number of H-pyrrole nitrogens is 1. The summed E-state index contributed by atoms with van der Waals surface area (Å²) in [6, 6.07) is 5.24. The Labute approximate surface area is 109 Å². The molecule has 0 radical (unpaired) electrons. The summed E-state index contributed by atoms with van der Waals surface area (Å²) in [5.74, 6) is 1.42. The maximum Gasteiger partial charge on any atom is 0.181 e. The molecule has 3 N–H and O–H groups in total. The molecule has 0 aliphatic heterocycles. The van der Waals surface area contributed by atoms with Crippen LogP contribution in [0.25, 0.3) is 11.4 Å². The van der Waals surface area contributed by atoms with Crippen molar-refractivity contribution in [1.82, 2.24) is 15.2 Å². The van der Waals surface area contributed by atoms with Gasteiger partial charge in [0.2, 0.25) is 0 Å². The average Bonchev–Trinajstić information content (AvgIpc) is 2.73. The number of aromatic nitrogens is 3. The zero-order chi connectivity index (χ0) is 12.3. The average molecular weight is 271 g/mol. The normalized spacial score (nSPS) is 10.8. The summed E-state index contributed by atoms with van der Waals surface area (Å²) >= 11 is 11.8. The van der Waals surface area contributed by atoms with E-state index in [-0.39, 0.29) is 0 Å². The number of benzene rings is 1. The Hall–Kier alpha value is -1.10. The second-order valence-corrected chi connectivity index (χ2v) is 4.53. The minimum Gasteiger partial charge on any atom is -0.330 e. The molecule has 0 fully saturated rings. The molecule has 2 rings (SSSR count). The molecule has 0 amide bonds. The number of aryl methyl sites for hydroxylation is 1. The second kappa shape index (κ2) is 5.49. The van der Waals surface area contributed by atoms with Gasteiger partial charge in [-0.3, -0.25) is 5.10 Å². The van der Waals surface area contributed by atoms with Crippen molar-refractivity contribution in [2.45, 2.75) is 12.8 Å². The number of rotatable bonds is 4. The predicted octanol–water partition coefficient (Wildman–Crippen LogP) is 2.67. The van der Waals surface area contributed by atoms with Crippen molar-refractivity contribution in [2.24, 2.45) is 5.73 Å². The van der Waals surface area contributed by atoms with Crippen LogP contribution in [0.15, 0.2) is 18.2 Å². The van der Waals surface area contributed by atoms with Gasteiger partial charge in [-0.15, -0.1) is 0 Å². The van der Waals surface area contributed by atoms with Crippen LogP contribution in [0.1, 0.15) is 12.2 Å². The third-order valence-corrected chi connectivity index (χ3v) is 2.71. The molecule has 0 aliphatic rings. The highest BCUT2D eigenvalue weighted by atomic mass is 35.5. The number of nitrogens with one attached hydrogen (secondary N) is 1. The minimum absolute atomic E-state index is 0.570. The molecule has 1 heterocycles. The van der Waals surface area contributed by atoms with E-state index >= 15 is 0 Å². The molecule has 1 aromatic carbocycles. The monoisotopic (exact) mass is 270 g/mol. The topological polar surface area (TPSA) is 67.6 Å². The fourth-order valence-corrected chi connectivity index (χ4v) is 2.01. The van der Waals surface area contributed by atoms with Crippen molar-refractivity contribution in [2.75, 3.05) is 6.54 Å². The standard InChI is InChI=1S/C11H12Cl2N4/c12-8-4-7(5-9(13)6-8)11-15-10(16-17-11)2-1-3-14/h4-6H,1-3,14H2,(H,15,16,17). The first kappa shape index (κ1) is 12.4. The Morgan fingerprint density at radius 3 is 2.53 bits per heavy atom. The molecule has 17 heavy (non-hydrogen) atoms. The number of nitrogens with two attached hydrogens (primary N) is 1. The first-order valence-electron chi connectivity index (χ1n) is 5.27. The highest BCUT2D eigenvalue weighted by molar-refractivity contribution is 6.35. The lowest BCUT2D eigenvalue weighted by Gasteiger charge is -1.97. The largest absolute Gasteiger partial charge is 0.330 e. The zero-order valence-corrected chi connectivity index (χ0v) is 10.6. The Balaban J connectivity index is 2.24. The van der Waals surface area contributed by atoms with Crippen LogP contribution in [-0.4, -0.2) is 21.7 Å². The lowest BCUT2D eigenvalue weighted by Crippen LogP contribution is -2.01. The van der Waals surface area contributed by atoms with E-state index in [0.29, 0.717) is 22.4 Å². The maximum absolute atomic E-state index is 5.92. The molecular formula is C11H12Cl2N4. The van der Waals surface area contributed by atoms with Crippen LogP contribution in [0.2, 0.25) is 10.0 Å². The van der Waals surface area contributed by atoms with Crippen molar-refractivity contribution in [3.8, 4) is 11.4 Å². The molecule has 0 aliphatic carbocycles. The first-order chi connectivity index (χ1) is 8.19. The quantitative estimate of drug-likeness (QED) is 0.898. The van der Waals surface area contributed by atoms with Gasteiger partial charge < -0.3 is 5.73 Å². The summed E-state index contributed by atoms with van der Waals surface area (Å²) in [5, 5.41) is 8.14. The van der Waals surface area contributed by atoms with E-state index in [1.807, 2.05) is 0 Å². The number of hydrogen-bond acceptors (Lipinski definition) is 3. The molecule has 0 unspecified atom stereocenters. The summed E-state index contributed by atoms with van der Waals surface area (Å²) in [4.78, 5) is 4.36. The summed E-state index contributed by atoms with van der Waals surface area (Å²) < 4.78 is 0. The van der Waals surface area contributed by atoms with Gasteiger partial charge in [-0.2, -0.15) is 5.10 Å². The van der Waals surface area contributed by atoms with Gasteiger partial charge in [-0.25, -0.2) is 4.98 Å². The van der Waals surface area contributed by atoms with Crippen LogP contribution in [0.3, 0.4) is 0 Å². The van der Waals surface area contributed by atoms with Crippen molar-refractivity contribution in [3.63, 3.8) is 0 Å². The Morgan fingerprint density at radius 1 is 1.18 bits per heavy atom. The molecule has 2 aromatic rings. The van der Waals surface area contributed by atoms with E-state index in [1.165, 1.54) is 0 Å². The zero-order valence-electron chi connectivity index (χ0n) is 9.08. The first-order valence-corrected chi connectivity index (χ1v) is 6.02. The Bertz CT molecular complexity index is 490. The Morgan fingerprint density at radius 2 is 1.88 bits per heavy atom. The van der Waals surface area contributed by atoms with Crippen LogP contribution in [-0.2, 0) is 6.42 Å². The number of halogens is 2. The predicted molar refractivity (Wildman–Crippen MR) is 69.2 cm³/mol. The van der Waals surface area contributed by atoms with Crippen LogP contribution in [0.4, 0.5) is 0 Å². The smallest absolute Gasteiger partial charge is 0.181 e. The summed E-state index contributed by atoms with van der Waals surface area (Å²) in [5.41, 5.74) is 6.24. The van der Waals surface area contributed by atoms with E-state index in [0.717, 1.165) is 24.2 Å². The fourth-order valence-electron chi connectivity index (χ4n) is 1.49. The summed E-state index contributed by atoms with van der Waals surface area (Å²) in [6.07, 6.45) is 1.67. The number of nitrogens with zero attached hydrogens (tertiary/aromatic N) is 2. The molecule has 6 heteroatoms. The van der Waals surface area contributed by atoms with Gasteiger partial charge in [0.1, 0.15) is 5.82 Å². The summed E-state index contributed by atoms with van der Waals surface area (Å²) in [6.45, 7) is 0.638. The third kappa shape index (κ3) is 3.19. The molecule has 1 aromatic heterocycles. The molecule has 0 atom stereocenters. The lowest BCUT2D eigenvalue weighted by atomic mass is 10.2. The SMILES string of the molecule is NCCCc1nc(-c2cc(Cl)cc(Cl)c2)n[nH]1. The molecule has 0 bridgehead atoms. The van der Waals surface area contributed by atoms with E-state index in [9.17, 15) is 0 Å². The van der Waals surface area contributed by atoms with Gasteiger partial charge in [-0.1, -0.05) is 23.2 Å². The molecule has 4 nitrogen and oxygen atoms in total. The molecule has 0 spiro atoms. The van der Waals surface area contributed by atoms with E-state index in [1.54, 1.807) is 18.2 Å². The van der Waals surface area contributed by atoms with Crippen molar-refractivity contribution < 1.29 is 0 Å². The van der Waals surface area contributed by atoms with Crippen LogP contribution < -0.4 is 5.73 Å². The van der Waals surface area contributed by atoms with Gasteiger partial charge in [0.25, 0.3) is 0 Å². The molecule has 90 valence electrons. The third-order valence-electron chi connectivity index (χ3n) is 2.27. The summed E-state index contributed by atoms with van der Waals surface area (Å²) in [7, 11) is 0. The fraction of sp³-hybridized carbons (Fsp3) is 0.273. The van der Waals surface area contributed by atoms with Gasteiger partial charge in [0.15, 0.2) is 5.82 Å². The molecular weight excluding hydrogens is 259 g/mol. The van der Waals surface area contributed by atoms with Crippen LogP contribution in [0.5, 0.6) is 0 Å². The number of aromatic amines is 1. The Kier molecular flexibility index (Phi) is 3.99. The van der Waals surface area contributed by atoms with E-state index in [2.05, 4.69) is 15.2 Å². The van der Waals surface area contributed by atoms with E-state index in [4.69, 9.17) is 28.9 Å². The van der Waals surface area contributed by atoms with Crippen LogP contribution in [0, 0.1) is 0 Å². The van der Waals surface area contributed by atoms with Crippen molar-refractivity contribution >= 4 is 23.2 Å². The van der Waals surface area contributed by atoms with Crippen LogP contribution >= 0.6 is 23.2 Å². The van der Waals surface area contributed by atoms with Gasteiger partial charge in [-0.05, 0) is 31.2 Å². The van der Waals surface area contributed by atoms with Gasteiger partial charge in [0.05, 0.1) is 0 Å². The molecule has 0 saturated heterocycles. The van der Waals surface area contributed by atoms with Gasteiger partial charge in [0, 0.05) is 22.0 Å². The van der Waals surface area contributed by atoms with Gasteiger partial charge >= 0.3 is 0 Å². The highest BCUT2D eigenvalue weighted by Crippen LogP contribution is 2.24. The molecule has 0 saturated carbocycles. The number of hydrogen-bond donors (Lipinski definition) is 2. The van der Waals surface area contributed by atoms with Crippen molar-refractivity contribution in [3.05, 3.63) is 34.1 Å². The maximum atomic E-state index is 5.92. The van der Waals surface area contributed by atoms with E-state index < -0.39 is 0 Å². The second-order valence-electron chi connectivity index (χ2n) is 3.66.